The summed E-state index contributed by atoms with van der Waals surface area (Å²) in [6.45, 7) is 0. The van der Waals surface area contributed by atoms with E-state index in [0.717, 1.165) is 18.2 Å². The third-order valence-electron chi connectivity index (χ3n) is 2.16. The first kappa shape index (κ1) is 12.2. The minimum Gasteiger partial charge on any atom is -0.406 e. The van der Waals surface area contributed by atoms with E-state index in [4.69, 9.17) is 0 Å². The van der Waals surface area contributed by atoms with Crippen LogP contribution in [0.1, 0.15) is 5.56 Å². The van der Waals surface area contributed by atoms with Gasteiger partial charge < -0.3 is 4.74 Å². The molecule has 1 N–H and O–H groups in total. The van der Waals surface area contributed by atoms with Crippen molar-refractivity contribution in [1.29, 1.82) is 0 Å². The summed E-state index contributed by atoms with van der Waals surface area (Å²) in [5.74, 6) is -1.52. The standard InChI is InChI=1S/C11H6F3NO3/c12-11(13,14)18-7-3-1-6(2-4-7)8-5-9(16)15-10(8)17/h1-5H,(H,15,16,17). The van der Waals surface area contributed by atoms with Crippen molar-refractivity contribution in [2.45, 2.75) is 6.36 Å². The number of benzene rings is 1. The second-order valence-electron chi connectivity index (χ2n) is 3.45. The second-order valence-corrected chi connectivity index (χ2v) is 3.45. The lowest BCUT2D eigenvalue weighted by molar-refractivity contribution is -0.274. The van der Waals surface area contributed by atoms with Crippen LogP contribution >= 0.6 is 0 Å². The summed E-state index contributed by atoms with van der Waals surface area (Å²) in [6, 6.07) is 4.68. The molecule has 0 aromatic heterocycles. The highest BCUT2D eigenvalue weighted by Gasteiger charge is 2.31. The summed E-state index contributed by atoms with van der Waals surface area (Å²) in [5, 5.41) is 2.04. The Hall–Kier alpha value is -2.31. The van der Waals surface area contributed by atoms with Crippen LogP contribution < -0.4 is 10.1 Å². The average molecular weight is 257 g/mol. The Morgan fingerprint density at radius 2 is 1.67 bits per heavy atom. The van der Waals surface area contributed by atoms with E-state index in [1.807, 2.05) is 5.32 Å². The first-order valence-electron chi connectivity index (χ1n) is 4.78. The highest BCUT2D eigenvalue weighted by molar-refractivity contribution is 6.33. The SMILES string of the molecule is O=C1C=C(c2ccc(OC(F)(F)F)cc2)C(=O)N1. The van der Waals surface area contributed by atoms with Gasteiger partial charge in [-0.25, -0.2) is 0 Å². The number of halogens is 3. The topological polar surface area (TPSA) is 55.4 Å². The molecule has 0 radical (unpaired) electrons. The van der Waals surface area contributed by atoms with Gasteiger partial charge in [0.1, 0.15) is 5.75 Å². The summed E-state index contributed by atoms with van der Waals surface area (Å²) in [5.41, 5.74) is 0.450. The molecule has 0 aliphatic carbocycles. The predicted octanol–water partition coefficient (Wildman–Crippen LogP) is 1.62. The maximum absolute atomic E-state index is 11.9. The quantitative estimate of drug-likeness (QED) is 0.819. The molecule has 0 fully saturated rings. The van der Waals surface area contributed by atoms with Crippen molar-refractivity contribution < 1.29 is 27.5 Å². The molecule has 1 heterocycles. The van der Waals surface area contributed by atoms with Crippen molar-refractivity contribution in [2.75, 3.05) is 0 Å². The Labute approximate surface area is 99.0 Å². The van der Waals surface area contributed by atoms with Crippen molar-refractivity contribution >= 4 is 17.4 Å². The molecule has 1 aliphatic heterocycles. The van der Waals surface area contributed by atoms with Gasteiger partial charge >= 0.3 is 6.36 Å². The summed E-state index contributed by atoms with van der Waals surface area (Å²) >= 11 is 0. The second kappa shape index (κ2) is 4.17. The fourth-order valence-corrected chi connectivity index (χ4v) is 1.46. The van der Waals surface area contributed by atoms with Crippen LogP contribution in [-0.2, 0) is 9.59 Å². The maximum Gasteiger partial charge on any atom is 0.573 e. The number of rotatable bonds is 2. The van der Waals surface area contributed by atoms with Crippen LogP contribution in [0.2, 0.25) is 0 Å². The molecule has 1 aliphatic rings. The monoisotopic (exact) mass is 257 g/mol. The van der Waals surface area contributed by atoms with Gasteiger partial charge in [0.05, 0.1) is 5.57 Å². The van der Waals surface area contributed by atoms with Gasteiger partial charge in [-0.3, -0.25) is 14.9 Å². The van der Waals surface area contributed by atoms with Gasteiger partial charge in [0.15, 0.2) is 0 Å². The number of carbonyl (C=O) groups is 2. The first-order chi connectivity index (χ1) is 8.35. The normalized spacial score (nSPS) is 15.4. The minimum atomic E-state index is -4.76. The minimum absolute atomic E-state index is 0.110. The van der Waals surface area contributed by atoms with E-state index in [-0.39, 0.29) is 5.57 Å². The predicted molar refractivity (Wildman–Crippen MR) is 54.3 cm³/mol. The highest BCUT2D eigenvalue weighted by atomic mass is 19.4. The smallest absolute Gasteiger partial charge is 0.406 e. The molecule has 0 saturated heterocycles. The van der Waals surface area contributed by atoms with Crippen molar-refractivity contribution in [3.63, 3.8) is 0 Å². The molecule has 2 amide bonds. The molecule has 0 saturated carbocycles. The van der Waals surface area contributed by atoms with E-state index in [9.17, 15) is 22.8 Å². The number of nitrogens with one attached hydrogen (secondary N) is 1. The third kappa shape index (κ3) is 2.68. The van der Waals surface area contributed by atoms with Crippen LogP contribution in [0.5, 0.6) is 5.75 Å². The number of hydrogen-bond acceptors (Lipinski definition) is 3. The Morgan fingerprint density at radius 3 is 2.11 bits per heavy atom. The van der Waals surface area contributed by atoms with Gasteiger partial charge in [-0.2, -0.15) is 0 Å². The van der Waals surface area contributed by atoms with Crippen molar-refractivity contribution in [1.82, 2.24) is 5.32 Å². The van der Waals surface area contributed by atoms with E-state index in [1.54, 1.807) is 0 Å². The van der Waals surface area contributed by atoms with Gasteiger partial charge in [0, 0.05) is 6.08 Å². The fourth-order valence-electron chi connectivity index (χ4n) is 1.46. The molecule has 0 atom stereocenters. The average Bonchev–Trinajstić information content (AvgIpc) is 2.57. The van der Waals surface area contributed by atoms with Gasteiger partial charge in [-0.15, -0.1) is 13.2 Å². The Morgan fingerprint density at radius 1 is 1.06 bits per heavy atom. The molecular weight excluding hydrogens is 251 g/mol. The van der Waals surface area contributed by atoms with Crippen LogP contribution in [0.15, 0.2) is 30.3 Å². The number of amides is 2. The molecule has 0 spiro atoms. The van der Waals surface area contributed by atoms with Gasteiger partial charge in [-0.1, -0.05) is 12.1 Å². The fraction of sp³-hybridized carbons (Fsp3) is 0.0909. The van der Waals surface area contributed by atoms with E-state index in [2.05, 4.69) is 4.74 Å². The Kier molecular flexibility index (Phi) is 2.82. The summed E-state index contributed by atoms with van der Waals surface area (Å²) in [4.78, 5) is 22.2. The lowest BCUT2D eigenvalue weighted by atomic mass is 10.1. The van der Waals surface area contributed by atoms with Crippen LogP contribution in [0.25, 0.3) is 5.57 Å². The molecule has 7 heteroatoms. The zero-order chi connectivity index (χ0) is 13.3. The van der Waals surface area contributed by atoms with Crippen molar-refractivity contribution in [3.8, 4) is 5.75 Å². The first-order valence-corrected chi connectivity index (χ1v) is 4.78. The molecule has 94 valence electrons. The van der Waals surface area contributed by atoms with Crippen LogP contribution in [0.4, 0.5) is 13.2 Å². The lowest BCUT2D eigenvalue weighted by Gasteiger charge is -2.09. The molecule has 0 unspecified atom stereocenters. The van der Waals surface area contributed by atoms with E-state index < -0.39 is 23.9 Å². The summed E-state index contributed by atoms with van der Waals surface area (Å²) < 4.78 is 39.4. The van der Waals surface area contributed by atoms with Crippen LogP contribution in [-0.4, -0.2) is 18.2 Å². The van der Waals surface area contributed by atoms with Gasteiger partial charge in [0.25, 0.3) is 11.8 Å². The molecule has 0 bridgehead atoms. The lowest BCUT2D eigenvalue weighted by Crippen LogP contribution is -2.21. The number of imide groups is 1. The highest BCUT2D eigenvalue weighted by Crippen LogP contribution is 2.25. The molecule has 2 rings (SSSR count). The zero-order valence-electron chi connectivity index (χ0n) is 8.75. The van der Waals surface area contributed by atoms with Gasteiger partial charge in [-0.05, 0) is 17.7 Å². The van der Waals surface area contributed by atoms with Crippen molar-refractivity contribution in [2.24, 2.45) is 0 Å². The molecule has 1 aromatic carbocycles. The Balaban J connectivity index is 2.21. The van der Waals surface area contributed by atoms with Crippen LogP contribution in [0, 0.1) is 0 Å². The van der Waals surface area contributed by atoms with E-state index in [1.165, 1.54) is 12.1 Å². The van der Waals surface area contributed by atoms with E-state index in [0.29, 0.717) is 5.56 Å². The summed E-state index contributed by atoms with van der Waals surface area (Å²) in [7, 11) is 0. The summed E-state index contributed by atoms with van der Waals surface area (Å²) in [6.07, 6.45) is -3.68. The molecule has 4 nitrogen and oxygen atoms in total. The maximum atomic E-state index is 11.9. The largest absolute Gasteiger partial charge is 0.573 e. The number of ether oxygens (including phenoxy) is 1. The molecule has 18 heavy (non-hydrogen) atoms. The van der Waals surface area contributed by atoms with Crippen LogP contribution in [0.3, 0.4) is 0 Å². The zero-order valence-corrected chi connectivity index (χ0v) is 8.75. The number of carbonyl (C=O) groups excluding carboxylic acids is 2. The number of alkyl halides is 3. The Bertz CT molecular complexity index is 531. The number of hydrogen-bond donors (Lipinski definition) is 1. The van der Waals surface area contributed by atoms with Crippen molar-refractivity contribution in [3.05, 3.63) is 35.9 Å². The van der Waals surface area contributed by atoms with Gasteiger partial charge in [0.2, 0.25) is 0 Å². The third-order valence-corrected chi connectivity index (χ3v) is 2.16. The molecular formula is C11H6F3NO3. The molecule has 1 aromatic rings. The van der Waals surface area contributed by atoms with E-state index >= 15 is 0 Å².